The largest absolute Gasteiger partial charge is 0.459 e. The maximum atomic E-state index is 12.3. The molecule has 0 N–H and O–H groups in total. The fourth-order valence-corrected chi connectivity index (χ4v) is 2.89. The molecule has 2 rings (SSSR count). The van der Waals surface area contributed by atoms with Crippen LogP contribution in [0.1, 0.15) is 75.6 Å². The number of ether oxygens (including phenoxy) is 4. The van der Waals surface area contributed by atoms with E-state index < -0.39 is 24.5 Å². The van der Waals surface area contributed by atoms with E-state index in [0.717, 1.165) is 12.0 Å². The molecule has 6 heteroatoms. The van der Waals surface area contributed by atoms with Crippen molar-refractivity contribution in [1.29, 1.82) is 0 Å². The first-order chi connectivity index (χ1) is 13.4. The molecule has 0 spiro atoms. The van der Waals surface area contributed by atoms with Gasteiger partial charge in [0.2, 0.25) is 0 Å². The maximum Gasteiger partial charge on any atom is 0.338 e. The van der Waals surface area contributed by atoms with Gasteiger partial charge in [-0.15, -0.1) is 0 Å². The maximum absolute atomic E-state index is 12.3. The molecule has 0 bridgehead atoms. The third kappa shape index (κ3) is 6.60. The van der Waals surface area contributed by atoms with Crippen LogP contribution in [-0.4, -0.2) is 37.4 Å². The molecule has 1 aliphatic rings. The lowest BCUT2D eigenvalue weighted by molar-refractivity contribution is -0.206. The Hall–Kier alpha value is -1.92. The van der Waals surface area contributed by atoms with Crippen LogP contribution in [0.25, 0.3) is 0 Å². The number of hydrogen-bond acceptors (Lipinski definition) is 6. The molecule has 6 nitrogen and oxygen atoms in total. The van der Waals surface area contributed by atoms with Gasteiger partial charge in [0.05, 0.1) is 18.8 Å². The van der Waals surface area contributed by atoms with Gasteiger partial charge < -0.3 is 18.9 Å². The number of hydrogen-bond donors (Lipinski definition) is 0. The van der Waals surface area contributed by atoms with Crippen LogP contribution in [0.15, 0.2) is 24.3 Å². The monoisotopic (exact) mass is 392 g/mol. The van der Waals surface area contributed by atoms with Gasteiger partial charge in [0, 0.05) is 17.9 Å². The summed E-state index contributed by atoms with van der Waals surface area (Å²) in [6.07, 6.45) is 2.35. The lowest BCUT2D eigenvalue weighted by Crippen LogP contribution is -2.30. The molecule has 0 aromatic heterocycles. The van der Waals surface area contributed by atoms with Crippen LogP contribution in [-0.2, 0) is 23.7 Å². The van der Waals surface area contributed by atoms with Crippen LogP contribution in [0.5, 0.6) is 0 Å². The molecular weight excluding hydrogens is 360 g/mol. The fourth-order valence-electron chi connectivity index (χ4n) is 2.89. The molecule has 1 aromatic rings. The zero-order valence-corrected chi connectivity index (χ0v) is 17.3. The van der Waals surface area contributed by atoms with E-state index in [-0.39, 0.29) is 12.4 Å². The van der Waals surface area contributed by atoms with E-state index in [2.05, 4.69) is 6.92 Å². The van der Waals surface area contributed by atoms with E-state index in [4.69, 9.17) is 18.9 Å². The van der Waals surface area contributed by atoms with Crippen molar-refractivity contribution in [2.75, 3.05) is 13.2 Å². The second-order valence-electron chi connectivity index (χ2n) is 7.29. The molecule has 0 amide bonds. The molecule has 1 aliphatic heterocycles. The van der Waals surface area contributed by atoms with Crippen molar-refractivity contribution < 1.29 is 28.5 Å². The SMILES string of the molecule is CCCCC1COC(c2ccc(C(=O)OC(C)C(C)OC(=O)CC)cc2)OC1. The van der Waals surface area contributed by atoms with E-state index in [1.807, 2.05) is 12.1 Å². The van der Waals surface area contributed by atoms with E-state index in [9.17, 15) is 9.59 Å². The van der Waals surface area contributed by atoms with Crippen LogP contribution >= 0.6 is 0 Å². The van der Waals surface area contributed by atoms with Gasteiger partial charge in [0.15, 0.2) is 6.29 Å². The molecule has 0 aliphatic carbocycles. The predicted octanol–water partition coefficient (Wildman–Crippen LogP) is 4.43. The molecule has 156 valence electrons. The number of benzene rings is 1. The summed E-state index contributed by atoms with van der Waals surface area (Å²) in [6.45, 7) is 8.71. The van der Waals surface area contributed by atoms with Crippen molar-refractivity contribution in [3.8, 4) is 0 Å². The molecule has 1 heterocycles. The van der Waals surface area contributed by atoms with Gasteiger partial charge in [0.1, 0.15) is 12.2 Å². The Labute approximate surface area is 167 Å². The van der Waals surface area contributed by atoms with Crippen molar-refractivity contribution in [3.63, 3.8) is 0 Å². The van der Waals surface area contributed by atoms with E-state index >= 15 is 0 Å². The zero-order valence-electron chi connectivity index (χ0n) is 17.3. The molecular formula is C22H32O6. The first-order valence-corrected chi connectivity index (χ1v) is 10.2. The average molecular weight is 392 g/mol. The smallest absolute Gasteiger partial charge is 0.338 e. The van der Waals surface area contributed by atoms with Crippen LogP contribution < -0.4 is 0 Å². The minimum Gasteiger partial charge on any atom is -0.459 e. The molecule has 2 atom stereocenters. The average Bonchev–Trinajstić information content (AvgIpc) is 2.72. The fraction of sp³-hybridized carbons (Fsp3) is 0.636. The van der Waals surface area contributed by atoms with Gasteiger partial charge in [-0.25, -0.2) is 4.79 Å². The molecule has 1 saturated heterocycles. The van der Waals surface area contributed by atoms with Crippen LogP contribution in [0.3, 0.4) is 0 Å². The third-order valence-corrected chi connectivity index (χ3v) is 4.91. The number of carbonyl (C=O) groups excluding carboxylic acids is 2. The molecule has 0 radical (unpaired) electrons. The van der Waals surface area contributed by atoms with Gasteiger partial charge in [-0.2, -0.15) is 0 Å². The number of esters is 2. The molecule has 28 heavy (non-hydrogen) atoms. The van der Waals surface area contributed by atoms with E-state index in [1.54, 1.807) is 32.9 Å². The summed E-state index contributed by atoms with van der Waals surface area (Å²) in [5, 5.41) is 0. The van der Waals surface area contributed by atoms with Crippen LogP contribution in [0.4, 0.5) is 0 Å². The quantitative estimate of drug-likeness (QED) is 0.579. The van der Waals surface area contributed by atoms with E-state index in [0.29, 0.717) is 24.7 Å². The molecule has 0 saturated carbocycles. The lowest BCUT2D eigenvalue weighted by Gasteiger charge is -2.29. The summed E-state index contributed by atoms with van der Waals surface area (Å²) in [6, 6.07) is 7.03. The summed E-state index contributed by atoms with van der Waals surface area (Å²) < 4.78 is 22.2. The standard InChI is InChI=1S/C22H32O6/c1-5-7-8-17-13-25-22(26-14-17)19-11-9-18(10-12-19)21(24)28-16(4)15(3)27-20(23)6-2/h9-12,15-17,22H,5-8,13-14H2,1-4H3. The van der Waals surface area contributed by atoms with E-state index in [1.165, 1.54) is 12.8 Å². The predicted molar refractivity (Wildman–Crippen MR) is 105 cm³/mol. The second kappa shape index (κ2) is 11.2. The van der Waals surface area contributed by atoms with Crippen LogP contribution in [0.2, 0.25) is 0 Å². The third-order valence-electron chi connectivity index (χ3n) is 4.91. The Bertz CT molecular complexity index is 618. The normalized spacial score (nSPS) is 21.6. The number of carbonyl (C=O) groups is 2. The highest BCUT2D eigenvalue weighted by Gasteiger charge is 2.24. The summed E-state index contributed by atoms with van der Waals surface area (Å²) in [5.41, 5.74) is 1.31. The Morgan fingerprint density at radius 2 is 1.64 bits per heavy atom. The molecule has 2 unspecified atom stereocenters. The first-order valence-electron chi connectivity index (χ1n) is 10.2. The van der Waals surface area contributed by atoms with Crippen LogP contribution in [0, 0.1) is 5.92 Å². The minimum atomic E-state index is -0.534. The van der Waals surface area contributed by atoms with Crippen molar-refractivity contribution in [1.82, 2.24) is 0 Å². The highest BCUT2D eigenvalue weighted by molar-refractivity contribution is 5.89. The highest BCUT2D eigenvalue weighted by atomic mass is 16.7. The topological polar surface area (TPSA) is 71.1 Å². The Morgan fingerprint density at radius 3 is 2.21 bits per heavy atom. The van der Waals surface area contributed by atoms with Crippen molar-refractivity contribution in [2.45, 2.75) is 71.9 Å². The van der Waals surface area contributed by atoms with Gasteiger partial charge in [-0.1, -0.05) is 38.8 Å². The van der Waals surface area contributed by atoms with Gasteiger partial charge >= 0.3 is 11.9 Å². The Morgan fingerprint density at radius 1 is 1.04 bits per heavy atom. The lowest BCUT2D eigenvalue weighted by atomic mass is 10.0. The minimum absolute atomic E-state index is 0.289. The van der Waals surface area contributed by atoms with Crippen molar-refractivity contribution >= 4 is 11.9 Å². The second-order valence-corrected chi connectivity index (χ2v) is 7.29. The summed E-state index contributed by atoms with van der Waals surface area (Å²) in [7, 11) is 0. The van der Waals surface area contributed by atoms with Crippen molar-refractivity contribution in [2.24, 2.45) is 5.92 Å². The highest BCUT2D eigenvalue weighted by Crippen LogP contribution is 2.27. The first kappa shape index (κ1) is 22.4. The molecule has 1 aromatic carbocycles. The molecule has 1 fully saturated rings. The number of rotatable bonds is 9. The Balaban J connectivity index is 1.85. The summed E-state index contributed by atoms with van der Waals surface area (Å²) in [5.74, 6) is -0.316. The summed E-state index contributed by atoms with van der Waals surface area (Å²) >= 11 is 0. The Kier molecular flexibility index (Phi) is 8.93. The van der Waals surface area contributed by atoms with Gasteiger partial charge in [0.25, 0.3) is 0 Å². The number of unbranched alkanes of at least 4 members (excludes halogenated alkanes) is 1. The van der Waals surface area contributed by atoms with Gasteiger partial charge in [-0.3, -0.25) is 4.79 Å². The summed E-state index contributed by atoms with van der Waals surface area (Å²) in [4.78, 5) is 23.7. The van der Waals surface area contributed by atoms with Crippen molar-refractivity contribution in [3.05, 3.63) is 35.4 Å². The zero-order chi connectivity index (χ0) is 20.5. The van der Waals surface area contributed by atoms with Gasteiger partial charge in [-0.05, 0) is 32.4 Å².